The highest BCUT2D eigenvalue weighted by Gasteiger charge is 2.00. The number of rotatable bonds is 4. The van der Waals surface area contributed by atoms with Crippen molar-refractivity contribution in [1.29, 1.82) is 0 Å². The van der Waals surface area contributed by atoms with Gasteiger partial charge in [-0.3, -0.25) is 0 Å². The minimum Gasteiger partial charge on any atom is -0.357 e. The molecule has 2 N–H and O–H groups in total. The van der Waals surface area contributed by atoms with Gasteiger partial charge in [-0.25, -0.2) is 0 Å². The molecule has 0 radical (unpaired) electrons. The third kappa shape index (κ3) is 1.66. The number of aromatic amines is 1. The SMILES string of the molecule is C=Cc1cc(CNC)[nH]c1C=C. The van der Waals surface area contributed by atoms with Crippen LogP contribution in [0.1, 0.15) is 17.0 Å². The van der Waals surface area contributed by atoms with E-state index in [1.165, 1.54) is 0 Å². The van der Waals surface area contributed by atoms with Crippen LogP contribution in [0, 0.1) is 0 Å². The van der Waals surface area contributed by atoms with Gasteiger partial charge in [0.05, 0.1) is 0 Å². The molecule has 1 aromatic rings. The molecule has 12 heavy (non-hydrogen) atoms. The van der Waals surface area contributed by atoms with Crippen LogP contribution in [-0.2, 0) is 6.54 Å². The number of hydrogen-bond acceptors (Lipinski definition) is 1. The van der Waals surface area contributed by atoms with Crippen LogP contribution in [0.5, 0.6) is 0 Å². The summed E-state index contributed by atoms with van der Waals surface area (Å²) >= 11 is 0. The van der Waals surface area contributed by atoms with Crippen molar-refractivity contribution in [1.82, 2.24) is 10.3 Å². The lowest BCUT2D eigenvalue weighted by Crippen LogP contribution is -2.04. The van der Waals surface area contributed by atoms with Crippen molar-refractivity contribution in [2.24, 2.45) is 0 Å². The summed E-state index contributed by atoms with van der Waals surface area (Å²) in [5.41, 5.74) is 3.30. The molecule has 0 bridgehead atoms. The van der Waals surface area contributed by atoms with E-state index >= 15 is 0 Å². The first kappa shape index (κ1) is 8.81. The average molecular weight is 162 g/mol. The van der Waals surface area contributed by atoms with Gasteiger partial charge in [-0.15, -0.1) is 0 Å². The van der Waals surface area contributed by atoms with Crippen molar-refractivity contribution in [2.45, 2.75) is 6.54 Å². The largest absolute Gasteiger partial charge is 0.357 e. The maximum atomic E-state index is 3.72. The Hall–Kier alpha value is -1.28. The smallest absolute Gasteiger partial charge is 0.0450 e. The number of H-pyrrole nitrogens is 1. The zero-order chi connectivity index (χ0) is 8.97. The van der Waals surface area contributed by atoms with E-state index in [0.29, 0.717) is 0 Å². The predicted octanol–water partition coefficient (Wildman–Crippen LogP) is 2.02. The highest BCUT2D eigenvalue weighted by molar-refractivity contribution is 5.61. The maximum Gasteiger partial charge on any atom is 0.0450 e. The topological polar surface area (TPSA) is 27.8 Å². The van der Waals surface area contributed by atoms with Crippen LogP contribution in [0.25, 0.3) is 12.2 Å². The minimum atomic E-state index is 0.842. The molecule has 1 heterocycles. The normalized spacial score (nSPS) is 9.75. The molecule has 0 saturated heterocycles. The van der Waals surface area contributed by atoms with Crippen LogP contribution < -0.4 is 5.32 Å². The van der Waals surface area contributed by atoms with Crippen molar-refractivity contribution in [3.05, 3.63) is 36.2 Å². The minimum absolute atomic E-state index is 0.842. The molecule has 0 aliphatic rings. The second-order valence-corrected chi connectivity index (χ2v) is 2.60. The van der Waals surface area contributed by atoms with E-state index < -0.39 is 0 Å². The Bertz CT molecular complexity index is 259. The zero-order valence-corrected chi connectivity index (χ0v) is 7.35. The van der Waals surface area contributed by atoms with Gasteiger partial charge < -0.3 is 10.3 Å². The van der Waals surface area contributed by atoms with Crippen LogP contribution in [-0.4, -0.2) is 12.0 Å². The number of aromatic nitrogens is 1. The van der Waals surface area contributed by atoms with Crippen LogP contribution in [0.4, 0.5) is 0 Å². The first-order chi connectivity index (χ1) is 5.81. The van der Waals surface area contributed by atoms with E-state index in [0.717, 1.165) is 23.5 Å². The third-order valence-corrected chi connectivity index (χ3v) is 1.73. The Morgan fingerprint density at radius 2 is 2.25 bits per heavy atom. The molecular weight excluding hydrogens is 148 g/mol. The molecular formula is C10H14N2. The van der Waals surface area contributed by atoms with Crippen molar-refractivity contribution in [3.8, 4) is 0 Å². The van der Waals surface area contributed by atoms with Crippen LogP contribution in [0.2, 0.25) is 0 Å². The van der Waals surface area contributed by atoms with Gasteiger partial charge in [-0.2, -0.15) is 0 Å². The Morgan fingerprint density at radius 1 is 1.50 bits per heavy atom. The number of hydrogen-bond donors (Lipinski definition) is 2. The van der Waals surface area contributed by atoms with E-state index in [1.54, 1.807) is 6.08 Å². The molecule has 0 fully saturated rings. The van der Waals surface area contributed by atoms with E-state index in [9.17, 15) is 0 Å². The molecule has 0 spiro atoms. The molecule has 0 atom stereocenters. The van der Waals surface area contributed by atoms with Gasteiger partial charge in [0, 0.05) is 17.9 Å². The van der Waals surface area contributed by atoms with Crippen molar-refractivity contribution in [3.63, 3.8) is 0 Å². The Balaban J connectivity index is 2.96. The van der Waals surface area contributed by atoms with E-state index in [-0.39, 0.29) is 0 Å². The van der Waals surface area contributed by atoms with E-state index in [4.69, 9.17) is 0 Å². The molecule has 0 aliphatic carbocycles. The van der Waals surface area contributed by atoms with Crippen LogP contribution in [0.3, 0.4) is 0 Å². The zero-order valence-electron chi connectivity index (χ0n) is 7.35. The lowest BCUT2D eigenvalue weighted by Gasteiger charge is -1.92. The molecule has 0 unspecified atom stereocenters. The number of nitrogens with one attached hydrogen (secondary N) is 2. The highest BCUT2D eigenvalue weighted by atomic mass is 14.9. The van der Waals surface area contributed by atoms with Gasteiger partial charge in [0.25, 0.3) is 0 Å². The lowest BCUT2D eigenvalue weighted by molar-refractivity contribution is 0.797. The molecule has 0 amide bonds. The summed E-state index contributed by atoms with van der Waals surface area (Å²) in [6, 6.07) is 2.07. The van der Waals surface area contributed by atoms with Crippen LogP contribution in [0.15, 0.2) is 19.2 Å². The first-order valence-electron chi connectivity index (χ1n) is 3.93. The Morgan fingerprint density at radius 3 is 2.67 bits per heavy atom. The molecule has 1 rings (SSSR count). The maximum absolute atomic E-state index is 3.72. The Kier molecular flexibility index (Phi) is 2.88. The van der Waals surface area contributed by atoms with E-state index in [2.05, 4.69) is 29.5 Å². The molecule has 2 heteroatoms. The monoisotopic (exact) mass is 162 g/mol. The summed E-state index contributed by atoms with van der Waals surface area (Å²) in [4.78, 5) is 3.23. The molecule has 1 aromatic heterocycles. The van der Waals surface area contributed by atoms with Gasteiger partial charge >= 0.3 is 0 Å². The summed E-state index contributed by atoms with van der Waals surface area (Å²) in [5, 5.41) is 3.07. The van der Waals surface area contributed by atoms with Crippen molar-refractivity contribution < 1.29 is 0 Å². The molecule has 0 saturated carbocycles. The lowest BCUT2D eigenvalue weighted by atomic mass is 10.2. The first-order valence-corrected chi connectivity index (χ1v) is 3.93. The average Bonchev–Trinajstić information content (AvgIpc) is 2.48. The highest BCUT2D eigenvalue weighted by Crippen LogP contribution is 2.13. The fourth-order valence-corrected chi connectivity index (χ4v) is 1.17. The molecule has 0 aliphatic heterocycles. The van der Waals surface area contributed by atoms with Gasteiger partial charge in [0.1, 0.15) is 0 Å². The van der Waals surface area contributed by atoms with Gasteiger partial charge in [0.15, 0.2) is 0 Å². The summed E-state index contributed by atoms with van der Waals surface area (Å²) in [6.45, 7) is 8.28. The summed E-state index contributed by atoms with van der Waals surface area (Å²) < 4.78 is 0. The quantitative estimate of drug-likeness (QED) is 0.696. The van der Waals surface area contributed by atoms with Crippen molar-refractivity contribution in [2.75, 3.05) is 7.05 Å². The summed E-state index contributed by atoms with van der Waals surface area (Å²) in [7, 11) is 1.92. The molecule has 0 aromatic carbocycles. The molecule has 2 nitrogen and oxygen atoms in total. The van der Waals surface area contributed by atoms with Gasteiger partial charge in [-0.1, -0.05) is 19.2 Å². The summed E-state index contributed by atoms with van der Waals surface area (Å²) in [6.07, 6.45) is 3.63. The third-order valence-electron chi connectivity index (χ3n) is 1.73. The standard InChI is InChI=1S/C10H14N2/c1-4-8-6-9(7-11-3)12-10(8)5-2/h4-6,11-12H,1-2,7H2,3H3. The Labute approximate surface area is 73.0 Å². The molecule has 64 valence electrons. The second kappa shape index (κ2) is 3.93. The predicted molar refractivity (Wildman–Crippen MR) is 53.7 cm³/mol. The fourth-order valence-electron chi connectivity index (χ4n) is 1.17. The second-order valence-electron chi connectivity index (χ2n) is 2.60. The van der Waals surface area contributed by atoms with Gasteiger partial charge in [0.2, 0.25) is 0 Å². The summed E-state index contributed by atoms with van der Waals surface area (Å²) in [5.74, 6) is 0. The van der Waals surface area contributed by atoms with Gasteiger partial charge in [-0.05, 0) is 24.8 Å². The van der Waals surface area contributed by atoms with Crippen LogP contribution >= 0.6 is 0 Å². The van der Waals surface area contributed by atoms with E-state index in [1.807, 2.05) is 13.1 Å². The fraction of sp³-hybridized carbons (Fsp3) is 0.200. The van der Waals surface area contributed by atoms with Crippen molar-refractivity contribution >= 4 is 12.2 Å².